The second kappa shape index (κ2) is 8.77. The molecule has 32 heavy (non-hydrogen) atoms. The molecule has 1 N–H and O–H groups in total. The number of Topliss-reactive ketones (excluding diaryl/α,β-unsaturated/α-hetero) is 1. The number of halogens is 1. The molecule has 0 aliphatic carbocycles. The Morgan fingerprint density at radius 1 is 0.938 bits per heavy atom. The van der Waals surface area contributed by atoms with E-state index in [1.54, 1.807) is 66.7 Å². The number of aliphatic hydroxyl groups is 1. The minimum absolute atomic E-state index is 0.0374. The van der Waals surface area contributed by atoms with E-state index in [2.05, 4.69) is 0 Å². The van der Waals surface area contributed by atoms with Gasteiger partial charge in [0.1, 0.15) is 17.3 Å². The zero-order chi connectivity index (χ0) is 22.8. The van der Waals surface area contributed by atoms with Gasteiger partial charge in [-0.2, -0.15) is 0 Å². The topological polar surface area (TPSA) is 76.1 Å². The highest BCUT2D eigenvalue weighted by molar-refractivity contribution is 6.51. The summed E-state index contributed by atoms with van der Waals surface area (Å²) >= 11 is 6.15. The van der Waals surface area contributed by atoms with Gasteiger partial charge in [-0.25, -0.2) is 0 Å². The number of rotatable bonds is 5. The molecule has 1 unspecified atom stereocenters. The summed E-state index contributed by atoms with van der Waals surface area (Å²) in [7, 11) is 2.96. The third-order valence-electron chi connectivity index (χ3n) is 5.31. The number of aliphatic hydroxyl groups excluding tert-OH is 1. The first-order valence-electron chi connectivity index (χ1n) is 9.80. The summed E-state index contributed by atoms with van der Waals surface area (Å²) in [6.07, 6.45) is 0. The smallest absolute Gasteiger partial charge is 0.300 e. The predicted molar refractivity (Wildman–Crippen MR) is 122 cm³/mol. The highest BCUT2D eigenvalue weighted by atomic mass is 35.5. The van der Waals surface area contributed by atoms with Gasteiger partial charge < -0.3 is 14.6 Å². The minimum Gasteiger partial charge on any atom is -0.507 e. The first-order chi connectivity index (χ1) is 15.5. The van der Waals surface area contributed by atoms with Crippen molar-refractivity contribution in [3.8, 4) is 11.5 Å². The molecule has 1 heterocycles. The second-order valence-electron chi connectivity index (χ2n) is 7.13. The van der Waals surface area contributed by atoms with Crippen LogP contribution in [0.4, 0.5) is 5.69 Å². The van der Waals surface area contributed by atoms with Crippen molar-refractivity contribution < 1.29 is 24.2 Å². The molecule has 1 amide bonds. The summed E-state index contributed by atoms with van der Waals surface area (Å²) in [6.45, 7) is 0. The first-order valence-corrected chi connectivity index (χ1v) is 10.2. The van der Waals surface area contributed by atoms with Crippen LogP contribution in [-0.2, 0) is 9.59 Å². The Hall–Kier alpha value is -3.77. The van der Waals surface area contributed by atoms with Crippen LogP contribution in [0.1, 0.15) is 17.2 Å². The molecule has 3 aromatic rings. The van der Waals surface area contributed by atoms with E-state index in [-0.39, 0.29) is 16.9 Å². The van der Waals surface area contributed by atoms with Gasteiger partial charge in [0.05, 0.1) is 31.4 Å². The summed E-state index contributed by atoms with van der Waals surface area (Å²) in [4.78, 5) is 27.7. The van der Waals surface area contributed by atoms with E-state index in [1.807, 2.05) is 6.07 Å². The van der Waals surface area contributed by atoms with Crippen molar-refractivity contribution in [1.82, 2.24) is 0 Å². The summed E-state index contributed by atoms with van der Waals surface area (Å²) in [5.74, 6) is -1.05. The Kier molecular flexibility index (Phi) is 5.88. The SMILES string of the molecule is COc1ccc(/C(O)=C2/C(=O)C(=O)N(c3cccc(Cl)c3)C2c2ccccc2)c(OC)c1. The van der Waals surface area contributed by atoms with Gasteiger partial charge in [0, 0.05) is 16.8 Å². The van der Waals surface area contributed by atoms with Crippen LogP contribution >= 0.6 is 11.6 Å². The lowest BCUT2D eigenvalue weighted by molar-refractivity contribution is -0.132. The van der Waals surface area contributed by atoms with Crippen LogP contribution in [0, 0.1) is 0 Å². The molecule has 3 aromatic carbocycles. The van der Waals surface area contributed by atoms with Crippen molar-refractivity contribution in [2.75, 3.05) is 19.1 Å². The zero-order valence-electron chi connectivity index (χ0n) is 17.4. The fraction of sp³-hybridized carbons (Fsp3) is 0.120. The lowest BCUT2D eigenvalue weighted by Crippen LogP contribution is -2.29. The van der Waals surface area contributed by atoms with Crippen molar-refractivity contribution >= 4 is 34.7 Å². The Labute approximate surface area is 190 Å². The predicted octanol–water partition coefficient (Wildman–Crippen LogP) is 4.98. The van der Waals surface area contributed by atoms with Crippen molar-refractivity contribution in [3.63, 3.8) is 0 Å². The number of anilines is 1. The fourth-order valence-corrected chi connectivity index (χ4v) is 4.00. The molecule has 0 spiro atoms. The van der Waals surface area contributed by atoms with E-state index in [1.165, 1.54) is 19.1 Å². The Bertz CT molecular complexity index is 1220. The van der Waals surface area contributed by atoms with Crippen LogP contribution in [0.5, 0.6) is 11.5 Å². The molecule has 0 aromatic heterocycles. The van der Waals surface area contributed by atoms with Gasteiger partial charge in [-0.15, -0.1) is 0 Å². The maximum atomic E-state index is 13.2. The van der Waals surface area contributed by atoms with Gasteiger partial charge in [0.15, 0.2) is 0 Å². The molecular weight excluding hydrogens is 430 g/mol. The van der Waals surface area contributed by atoms with Crippen LogP contribution in [0.25, 0.3) is 5.76 Å². The average Bonchev–Trinajstić information content (AvgIpc) is 3.09. The molecule has 162 valence electrons. The standard InChI is InChI=1S/C25H20ClNO5/c1-31-18-11-12-19(20(14-18)32-2)23(28)21-22(15-7-4-3-5-8-15)27(25(30)24(21)29)17-10-6-9-16(26)13-17/h3-14,22,28H,1-2H3/b23-21-. The summed E-state index contributed by atoms with van der Waals surface area (Å²) in [6, 6.07) is 19.7. The van der Waals surface area contributed by atoms with Crippen LogP contribution in [0.2, 0.25) is 5.02 Å². The number of carbonyl (C=O) groups excluding carboxylic acids is 2. The monoisotopic (exact) mass is 449 g/mol. The van der Waals surface area contributed by atoms with E-state index in [9.17, 15) is 14.7 Å². The molecule has 1 fully saturated rings. The molecule has 7 heteroatoms. The molecule has 1 aliphatic heterocycles. The molecule has 4 rings (SSSR count). The normalized spacial score (nSPS) is 17.5. The third kappa shape index (κ3) is 3.69. The van der Waals surface area contributed by atoms with E-state index in [0.717, 1.165) is 0 Å². The second-order valence-corrected chi connectivity index (χ2v) is 7.56. The largest absolute Gasteiger partial charge is 0.507 e. The van der Waals surface area contributed by atoms with Gasteiger partial charge >= 0.3 is 0 Å². The van der Waals surface area contributed by atoms with Gasteiger partial charge in [0.2, 0.25) is 0 Å². The minimum atomic E-state index is -0.846. The van der Waals surface area contributed by atoms with E-state index in [0.29, 0.717) is 27.8 Å². The van der Waals surface area contributed by atoms with E-state index in [4.69, 9.17) is 21.1 Å². The van der Waals surface area contributed by atoms with Crippen LogP contribution in [-0.4, -0.2) is 31.0 Å². The lowest BCUT2D eigenvalue weighted by atomic mass is 9.95. The van der Waals surface area contributed by atoms with Crippen molar-refractivity contribution in [2.45, 2.75) is 6.04 Å². The highest BCUT2D eigenvalue weighted by Gasteiger charge is 2.47. The number of hydrogen-bond donors (Lipinski definition) is 1. The third-order valence-corrected chi connectivity index (χ3v) is 5.55. The number of carbonyl (C=O) groups is 2. The summed E-state index contributed by atoms with van der Waals surface area (Å²) in [5.41, 5.74) is 1.36. The van der Waals surface area contributed by atoms with E-state index < -0.39 is 17.7 Å². The molecule has 1 aliphatic rings. The van der Waals surface area contributed by atoms with Crippen molar-refractivity contribution in [2.24, 2.45) is 0 Å². The molecule has 0 radical (unpaired) electrons. The van der Waals surface area contributed by atoms with Crippen LogP contribution in [0.3, 0.4) is 0 Å². The van der Waals surface area contributed by atoms with Gasteiger partial charge in [-0.05, 0) is 35.9 Å². The number of methoxy groups -OCH3 is 2. The average molecular weight is 450 g/mol. The molecule has 1 atom stereocenters. The van der Waals surface area contributed by atoms with Gasteiger partial charge in [-0.1, -0.05) is 48.0 Å². The first kappa shape index (κ1) is 21.5. The summed E-state index contributed by atoms with van der Waals surface area (Å²) < 4.78 is 10.6. The van der Waals surface area contributed by atoms with Crippen LogP contribution in [0.15, 0.2) is 78.4 Å². The van der Waals surface area contributed by atoms with Crippen molar-refractivity contribution in [1.29, 1.82) is 0 Å². The van der Waals surface area contributed by atoms with Crippen molar-refractivity contribution in [3.05, 3.63) is 94.5 Å². The van der Waals surface area contributed by atoms with Gasteiger partial charge in [0.25, 0.3) is 11.7 Å². The van der Waals surface area contributed by atoms with E-state index >= 15 is 0 Å². The number of amides is 1. The molecule has 0 bridgehead atoms. The maximum Gasteiger partial charge on any atom is 0.300 e. The molecule has 6 nitrogen and oxygen atoms in total. The molecule has 0 saturated carbocycles. The fourth-order valence-electron chi connectivity index (χ4n) is 3.81. The summed E-state index contributed by atoms with van der Waals surface area (Å²) in [5, 5.41) is 11.7. The number of hydrogen-bond acceptors (Lipinski definition) is 5. The number of ketones is 1. The highest BCUT2D eigenvalue weighted by Crippen LogP contribution is 2.43. The molecule has 1 saturated heterocycles. The zero-order valence-corrected chi connectivity index (χ0v) is 18.2. The van der Waals surface area contributed by atoms with Gasteiger partial charge in [-0.3, -0.25) is 14.5 Å². The number of benzene rings is 3. The Morgan fingerprint density at radius 2 is 1.69 bits per heavy atom. The maximum absolute atomic E-state index is 13.2. The lowest BCUT2D eigenvalue weighted by Gasteiger charge is -2.25. The van der Waals surface area contributed by atoms with Crippen LogP contribution < -0.4 is 14.4 Å². The quantitative estimate of drug-likeness (QED) is 0.337. The number of nitrogens with zero attached hydrogens (tertiary/aromatic N) is 1. The number of ether oxygens (including phenoxy) is 2. The Balaban J connectivity index is 1.96. The molecular formula is C25H20ClNO5. The Morgan fingerprint density at radius 3 is 2.34 bits per heavy atom.